The van der Waals surface area contributed by atoms with Gasteiger partial charge in [-0.3, -0.25) is 15.5 Å². The SMILES string of the molecule is Cc1ccc(S(=O)(=O)NNc2ncnc(Oc3ccccc3)c2[N+](=O)[O-])cc1. The van der Waals surface area contributed by atoms with Crippen molar-refractivity contribution < 1.29 is 18.1 Å². The number of anilines is 1. The molecule has 10 nitrogen and oxygen atoms in total. The first-order valence-corrected chi connectivity index (χ1v) is 9.42. The normalized spacial score (nSPS) is 11.0. The number of sulfonamides is 1. The van der Waals surface area contributed by atoms with Crippen LogP contribution in [0, 0.1) is 17.0 Å². The van der Waals surface area contributed by atoms with Crippen LogP contribution in [0.4, 0.5) is 11.5 Å². The number of aromatic nitrogens is 2. The minimum Gasteiger partial charge on any atom is -0.434 e. The highest BCUT2D eigenvalue weighted by atomic mass is 32.2. The van der Waals surface area contributed by atoms with E-state index >= 15 is 0 Å². The highest BCUT2D eigenvalue weighted by Gasteiger charge is 2.26. The maximum atomic E-state index is 12.4. The Hall–Kier alpha value is -3.57. The van der Waals surface area contributed by atoms with Crippen LogP contribution in [0.15, 0.2) is 65.8 Å². The summed E-state index contributed by atoms with van der Waals surface area (Å²) < 4.78 is 30.1. The van der Waals surface area contributed by atoms with Crippen molar-refractivity contribution in [3.05, 3.63) is 76.6 Å². The van der Waals surface area contributed by atoms with Crippen molar-refractivity contribution >= 4 is 21.5 Å². The maximum absolute atomic E-state index is 12.4. The van der Waals surface area contributed by atoms with Crippen LogP contribution < -0.4 is 15.0 Å². The Labute approximate surface area is 160 Å². The van der Waals surface area contributed by atoms with Crippen molar-refractivity contribution in [2.45, 2.75) is 11.8 Å². The summed E-state index contributed by atoms with van der Waals surface area (Å²) >= 11 is 0. The van der Waals surface area contributed by atoms with Gasteiger partial charge in [0.2, 0.25) is 5.82 Å². The Morgan fingerprint density at radius 2 is 1.71 bits per heavy atom. The summed E-state index contributed by atoms with van der Waals surface area (Å²) in [5, 5.41) is 11.5. The van der Waals surface area contributed by atoms with Crippen LogP contribution in [0.25, 0.3) is 0 Å². The molecular weight excluding hydrogens is 386 g/mol. The molecule has 0 aliphatic rings. The predicted octanol–water partition coefficient (Wildman–Crippen LogP) is 2.79. The average molecular weight is 401 g/mol. The van der Waals surface area contributed by atoms with E-state index < -0.39 is 20.6 Å². The lowest BCUT2D eigenvalue weighted by Gasteiger charge is -2.11. The molecule has 0 saturated heterocycles. The fourth-order valence-corrected chi connectivity index (χ4v) is 3.03. The Balaban J connectivity index is 1.86. The van der Waals surface area contributed by atoms with Gasteiger partial charge in [0.1, 0.15) is 12.1 Å². The molecule has 0 amide bonds. The molecule has 11 heteroatoms. The lowest BCUT2D eigenvalue weighted by Crippen LogP contribution is -2.30. The van der Waals surface area contributed by atoms with Gasteiger partial charge in [-0.25, -0.2) is 13.4 Å². The van der Waals surface area contributed by atoms with E-state index in [-0.39, 0.29) is 16.6 Å². The van der Waals surface area contributed by atoms with Gasteiger partial charge in [-0.05, 0) is 31.2 Å². The summed E-state index contributed by atoms with van der Waals surface area (Å²) in [6, 6.07) is 14.4. The molecule has 28 heavy (non-hydrogen) atoms. The zero-order valence-electron chi connectivity index (χ0n) is 14.6. The molecule has 144 valence electrons. The third-order valence-corrected chi connectivity index (χ3v) is 4.83. The smallest absolute Gasteiger partial charge is 0.374 e. The van der Waals surface area contributed by atoms with Crippen LogP contribution in [0.2, 0.25) is 0 Å². The monoisotopic (exact) mass is 401 g/mol. The Bertz CT molecular complexity index is 1090. The minimum absolute atomic E-state index is 0.0110. The van der Waals surface area contributed by atoms with Crippen molar-refractivity contribution in [1.29, 1.82) is 0 Å². The van der Waals surface area contributed by atoms with Gasteiger partial charge in [0.25, 0.3) is 10.0 Å². The molecule has 0 atom stereocenters. The van der Waals surface area contributed by atoms with Crippen LogP contribution >= 0.6 is 0 Å². The molecule has 0 aliphatic carbocycles. The Morgan fingerprint density at radius 3 is 2.36 bits per heavy atom. The van der Waals surface area contributed by atoms with E-state index in [0.717, 1.165) is 11.9 Å². The van der Waals surface area contributed by atoms with E-state index in [4.69, 9.17) is 4.74 Å². The van der Waals surface area contributed by atoms with E-state index in [0.29, 0.717) is 5.75 Å². The van der Waals surface area contributed by atoms with Gasteiger partial charge < -0.3 is 4.74 Å². The van der Waals surface area contributed by atoms with Crippen molar-refractivity contribution in [2.24, 2.45) is 0 Å². The molecule has 2 N–H and O–H groups in total. The van der Waals surface area contributed by atoms with Crippen LogP contribution in [0.5, 0.6) is 11.6 Å². The van der Waals surface area contributed by atoms with Gasteiger partial charge in [-0.2, -0.15) is 4.98 Å². The summed E-state index contributed by atoms with van der Waals surface area (Å²) in [5.74, 6) is -0.361. The predicted molar refractivity (Wildman–Crippen MR) is 100 cm³/mol. The maximum Gasteiger partial charge on any atom is 0.374 e. The number of nitrogens with zero attached hydrogens (tertiary/aromatic N) is 3. The quantitative estimate of drug-likeness (QED) is 0.455. The Kier molecular flexibility index (Phi) is 5.47. The molecule has 3 rings (SSSR count). The van der Waals surface area contributed by atoms with E-state index in [2.05, 4.69) is 20.2 Å². The number of nitro groups is 1. The van der Waals surface area contributed by atoms with Crippen molar-refractivity contribution in [3.63, 3.8) is 0 Å². The second kappa shape index (κ2) is 7.98. The number of para-hydroxylation sites is 1. The fraction of sp³-hybridized carbons (Fsp3) is 0.0588. The number of hydrazine groups is 1. The average Bonchev–Trinajstić information content (AvgIpc) is 2.67. The molecule has 0 saturated carbocycles. The van der Waals surface area contributed by atoms with E-state index in [1.807, 2.05) is 6.92 Å². The van der Waals surface area contributed by atoms with Gasteiger partial charge >= 0.3 is 11.6 Å². The van der Waals surface area contributed by atoms with Gasteiger partial charge in [-0.15, -0.1) is 4.83 Å². The summed E-state index contributed by atoms with van der Waals surface area (Å²) in [5.41, 5.74) is 2.54. The first-order chi connectivity index (χ1) is 13.4. The second-order valence-electron chi connectivity index (χ2n) is 5.59. The van der Waals surface area contributed by atoms with Crippen molar-refractivity contribution in [1.82, 2.24) is 14.8 Å². The van der Waals surface area contributed by atoms with Crippen LogP contribution in [0.3, 0.4) is 0 Å². The molecule has 1 aromatic heterocycles. The van der Waals surface area contributed by atoms with Crippen LogP contribution in [0.1, 0.15) is 5.56 Å². The van der Waals surface area contributed by atoms with Crippen LogP contribution in [-0.4, -0.2) is 23.3 Å². The van der Waals surface area contributed by atoms with E-state index in [9.17, 15) is 18.5 Å². The summed E-state index contributed by atoms with van der Waals surface area (Å²) in [6.07, 6.45) is 1.02. The van der Waals surface area contributed by atoms with Crippen molar-refractivity contribution in [3.8, 4) is 11.6 Å². The number of ether oxygens (including phenoxy) is 1. The number of hydrogen-bond acceptors (Lipinski definition) is 8. The van der Waals surface area contributed by atoms with Crippen molar-refractivity contribution in [2.75, 3.05) is 5.43 Å². The molecule has 0 bridgehead atoms. The first kappa shape index (κ1) is 19.2. The Morgan fingerprint density at radius 1 is 1.04 bits per heavy atom. The number of benzene rings is 2. The minimum atomic E-state index is -3.97. The third-order valence-electron chi connectivity index (χ3n) is 3.56. The largest absolute Gasteiger partial charge is 0.434 e. The first-order valence-electron chi connectivity index (χ1n) is 7.93. The third kappa shape index (κ3) is 4.39. The molecule has 0 spiro atoms. The zero-order valence-corrected chi connectivity index (χ0v) is 15.4. The number of hydrogen-bond donors (Lipinski definition) is 2. The standard InChI is InChI=1S/C17H15N5O5S/c1-12-7-9-14(10-8-12)28(25,26)21-20-16-15(22(23)24)17(19-11-18-16)27-13-5-3-2-4-6-13/h2-11,21H,1H3,(H,18,19,20). The van der Waals surface area contributed by atoms with Gasteiger partial charge in [0.05, 0.1) is 9.82 Å². The lowest BCUT2D eigenvalue weighted by molar-refractivity contribution is -0.385. The topological polar surface area (TPSA) is 136 Å². The summed E-state index contributed by atoms with van der Waals surface area (Å²) in [6.45, 7) is 1.82. The zero-order chi connectivity index (χ0) is 20.1. The number of rotatable bonds is 7. The molecule has 0 aliphatic heterocycles. The number of nitrogens with one attached hydrogen (secondary N) is 2. The molecule has 3 aromatic rings. The second-order valence-corrected chi connectivity index (χ2v) is 7.27. The highest BCUT2D eigenvalue weighted by molar-refractivity contribution is 7.89. The molecular formula is C17H15N5O5S. The number of aryl methyl sites for hydroxylation is 1. The molecule has 1 heterocycles. The lowest BCUT2D eigenvalue weighted by atomic mass is 10.2. The summed E-state index contributed by atoms with van der Waals surface area (Å²) in [7, 11) is -3.97. The molecule has 0 fully saturated rings. The van der Waals surface area contributed by atoms with Crippen LogP contribution in [-0.2, 0) is 10.0 Å². The molecule has 0 unspecified atom stereocenters. The fourth-order valence-electron chi connectivity index (χ4n) is 2.19. The van der Waals surface area contributed by atoms with Gasteiger partial charge in [0, 0.05) is 0 Å². The van der Waals surface area contributed by atoms with Gasteiger partial charge in [0.15, 0.2) is 0 Å². The molecule has 2 aromatic carbocycles. The van der Waals surface area contributed by atoms with E-state index in [1.54, 1.807) is 42.5 Å². The summed E-state index contributed by atoms with van der Waals surface area (Å²) in [4.78, 5) is 20.3. The molecule has 0 radical (unpaired) electrons. The van der Waals surface area contributed by atoms with Gasteiger partial charge in [-0.1, -0.05) is 35.9 Å². The highest BCUT2D eigenvalue weighted by Crippen LogP contribution is 2.33. The van der Waals surface area contributed by atoms with E-state index in [1.165, 1.54) is 12.1 Å².